The van der Waals surface area contributed by atoms with Gasteiger partial charge in [-0.05, 0) is 25.8 Å². The first kappa shape index (κ1) is 11.8. The lowest BCUT2D eigenvalue weighted by molar-refractivity contribution is 0.0782. The highest BCUT2D eigenvalue weighted by atomic mass is 32.1. The van der Waals surface area contributed by atoms with E-state index < -0.39 is 0 Å². The molecule has 0 spiro atoms. The minimum absolute atomic E-state index is 0.289. The monoisotopic (exact) mass is 264 g/mol. The van der Waals surface area contributed by atoms with Crippen LogP contribution in [0.5, 0.6) is 0 Å². The van der Waals surface area contributed by atoms with Crippen molar-refractivity contribution in [1.29, 1.82) is 0 Å². The number of anilines is 1. The Kier molecular flexibility index (Phi) is 3.15. The van der Waals surface area contributed by atoms with Crippen LogP contribution >= 0.6 is 11.3 Å². The van der Waals surface area contributed by atoms with Crippen molar-refractivity contribution in [1.82, 2.24) is 9.97 Å². The number of fused-ring (bicyclic) bond motifs is 1. The molecule has 6 heteroatoms. The molecule has 3 heterocycles. The van der Waals surface area contributed by atoms with Crippen LogP contribution in [0.2, 0.25) is 0 Å². The van der Waals surface area contributed by atoms with Gasteiger partial charge in [0.15, 0.2) is 5.82 Å². The van der Waals surface area contributed by atoms with E-state index in [2.05, 4.69) is 28.4 Å². The number of aryl methyl sites for hydroxylation is 1. The second-order valence-corrected chi connectivity index (χ2v) is 5.80. The highest BCUT2D eigenvalue weighted by Gasteiger charge is 2.21. The molecule has 1 saturated heterocycles. The molecule has 0 radical (unpaired) electrons. The van der Waals surface area contributed by atoms with E-state index in [1.54, 1.807) is 11.3 Å². The maximum atomic E-state index is 5.56. The van der Waals surface area contributed by atoms with E-state index in [0.29, 0.717) is 12.4 Å². The Bertz CT molecular complexity index is 562. The number of hydrogen-bond acceptors (Lipinski definition) is 6. The van der Waals surface area contributed by atoms with Crippen LogP contribution in [0.25, 0.3) is 10.2 Å². The van der Waals surface area contributed by atoms with Crippen molar-refractivity contribution in [2.45, 2.75) is 25.7 Å². The van der Waals surface area contributed by atoms with Gasteiger partial charge in [-0.25, -0.2) is 15.8 Å². The standard InChI is InChI=1S/C12H16N4OS/c1-7-5-9-11(16-13)14-10(15-12(9)18-7)8-3-2-4-17-6-8/h5,8H,2-4,6,13H2,1H3,(H,14,15,16). The summed E-state index contributed by atoms with van der Waals surface area (Å²) >= 11 is 1.67. The lowest BCUT2D eigenvalue weighted by Gasteiger charge is -2.21. The smallest absolute Gasteiger partial charge is 0.152 e. The number of nitrogens with two attached hydrogens (primary N) is 1. The van der Waals surface area contributed by atoms with Crippen LogP contribution in [0, 0.1) is 6.92 Å². The molecule has 18 heavy (non-hydrogen) atoms. The fourth-order valence-electron chi connectivity index (χ4n) is 2.30. The van der Waals surface area contributed by atoms with Crippen LogP contribution < -0.4 is 11.3 Å². The third-order valence-electron chi connectivity index (χ3n) is 3.20. The molecule has 0 amide bonds. The van der Waals surface area contributed by atoms with E-state index in [1.165, 1.54) is 4.88 Å². The zero-order chi connectivity index (χ0) is 12.5. The van der Waals surface area contributed by atoms with Gasteiger partial charge >= 0.3 is 0 Å². The quantitative estimate of drug-likeness (QED) is 0.642. The highest BCUT2D eigenvalue weighted by Crippen LogP contribution is 2.31. The molecule has 1 aliphatic heterocycles. The Morgan fingerprint density at radius 3 is 3.11 bits per heavy atom. The van der Waals surface area contributed by atoms with Gasteiger partial charge in [-0.1, -0.05) is 0 Å². The lowest BCUT2D eigenvalue weighted by Crippen LogP contribution is -2.19. The molecule has 3 N–H and O–H groups in total. The normalized spacial score (nSPS) is 20.2. The molecule has 1 aliphatic rings. The van der Waals surface area contributed by atoms with Gasteiger partial charge in [0.25, 0.3) is 0 Å². The summed E-state index contributed by atoms with van der Waals surface area (Å²) in [7, 11) is 0. The summed E-state index contributed by atoms with van der Waals surface area (Å²) in [6.07, 6.45) is 2.15. The average molecular weight is 264 g/mol. The molecule has 0 saturated carbocycles. The number of aromatic nitrogens is 2. The highest BCUT2D eigenvalue weighted by molar-refractivity contribution is 7.18. The SMILES string of the molecule is Cc1cc2c(NN)nc(C3CCCOC3)nc2s1. The van der Waals surface area contributed by atoms with Gasteiger partial charge < -0.3 is 10.2 Å². The van der Waals surface area contributed by atoms with Crippen molar-refractivity contribution in [3.05, 3.63) is 16.8 Å². The summed E-state index contributed by atoms with van der Waals surface area (Å²) in [5.41, 5.74) is 2.68. The summed E-state index contributed by atoms with van der Waals surface area (Å²) in [5.74, 6) is 7.40. The summed E-state index contributed by atoms with van der Waals surface area (Å²) in [5, 5.41) is 1.00. The largest absolute Gasteiger partial charge is 0.381 e. The first-order valence-electron chi connectivity index (χ1n) is 6.10. The van der Waals surface area contributed by atoms with Gasteiger partial charge in [-0.2, -0.15) is 0 Å². The summed E-state index contributed by atoms with van der Waals surface area (Å²) < 4.78 is 5.50. The van der Waals surface area contributed by atoms with Crippen molar-refractivity contribution >= 4 is 27.4 Å². The minimum Gasteiger partial charge on any atom is -0.381 e. The number of hydrogen-bond donors (Lipinski definition) is 2. The first-order chi connectivity index (χ1) is 8.78. The fraction of sp³-hybridized carbons (Fsp3) is 0.500. The Morgan fingerprint density at radius 1 is 1.50 bits per heavy atom. The topological polar surface area (TPSA) is 73.1 Å². The predicted octanol–water partition coefficient (Wildman–Crippen LogP) is 2.18. The molecular weight excluding hydrogens is 248 g/mol. The van der Waals surface area contributed by atoms with Gasteiger partial charge in [0.1, 0.15) is 10.7 Å². The van der Waals surface area contributed by atoms with Crippen molar-refractivity contribution in [2.75, 3.05) is 18.6 Å². The van der Waals surface area contributed by atoms with Crippen LogP contribution in [0.3, 0.4) is 0 Å². The molecule has 0 bridgehead atoms. The number of rotatable bonds is 2. The third kappa shape index (κ3) is 2.07. The molecule has 5 nitrogen and oxygen atoms in total. The summed E-state index contributed by atoms with van der Waals surface area (Å²) in [6.45, 7) is 3.62. The number of thiophene rings is 1. The van der Waals surface area contributed by atoms with Crippen LogP contribution in [0.4, 0.5) is 5.82 Å². The van der Waals surface area contributed by atoms with Crippen molar-refractivity contribution in [3.8, 4) is 0 Å². The van der Waals surface area contributed by atoms with Gasteiger partial charge in [-0.3, -0.25) is 0 Å². The lowest BCUT2D eigenvalue weighted by atomic mass is 10.0. The number of nitrogen functional groups attached to an aromatic ring is 1. The van der Waals surface area contributed by atoms with Gasteiger partial charge in [0, 0.05) is 17.4 Å². The Morgan fingerprint density at radius 2 is 2.39 bits per heavy atom. The van der Waals surface area contributed by atoms with Crippen molar-refractivity contribution in [3.63, 3.8) is 0 Å². The van der Waals surface area contributed by atoms with Crippen LogP contribution in [0.1, 0.15) is 29.5 Å². The summed E-state index contributed by atoms with van der Waals surface area (Å²) in [6, 6.07) is 2.07. The second-order valence-electron chi connectivity index (χ2n) is 4.56. The van der Waals surface area contributed by atoms with Gasteiger partial charge in [0.2, 0.25) is 0 Å². The van der Waals surface area contributed by atoms with E-state index in [4.69, 9.17) is 10.6 Å². The molecule has 96 valence electrons. The molecule has 0 aromatic carbocycles. The third-order valence-corrected chi connectivity index (χ3v) is 4.14. The fourth-order valence-corrected chi connectivity index (χ4v) is 3.18. The molecule has 1 fully saturated rings. The Balaban J connectivity index is 2.06. The van der Waals surface area contributed by atoms with Crippen LogP contribution in [-0.4, -0.2) is 23.2 Å². The van der Waals surface area contributed by atoms with E-state index >= 15 is 0 Å². The van der Waals surface area contributed by atoms with E-state index in [0.717, 1.165) is 35.5 Å². The average Bonchev–Trinajstić information content (AvgIpc) is 2.78. The van der Waals surface area contributed by atoms with E-state index in [-0.39, 0.29) is 5.92 Å². The molecule has 2 aromatic rings. The first-order valence-corrected chi connectivity index (χ1v) is 6.92. The molecule has 3 rings (SSSR count). The van der Waals surface area contributed by atoms with E-state index in [1.807, 2.05) is 0 Å². The maximum absolute atomic E-state index is 5.56. The zero-order valence-corrected chi connectivity index (χ0v) is 11.1. The molecule has 2 aromatic heterocycles. The second kappa shape index (κ2) is 4.79. The van der Waals surface area contributed by atoms with Crippen molar-refractivity contribution < 1.29 is 4.74 Å². The number of nitrogens with zero attached hydrogens (tertiary/aromatic N) is 2. The maximum Gasteiger partial charge on any atom is 0.152 e. The minimum atomic E-state index is 0.289. The molecule has 0 aliphatic carbocycles. The Labute approximate surface area is 109 Å². The van der Waals surface area contributed by atoms with Crippen molar-refractivity contribution in [2.24, 2.45) is 5.84 Å². The Hall–Kier alpha value is -1.24. The molecular formula is C12H16N4OS. The van der Waals surface area contributed by atoms with Gasteiger partial charge in [-0.15, -0.1) is 11.3 Å². The van der Waals surface area contributed by atoms with Crippen LogP contribution in [0.15, 0.2) is 6.07 Å². The predicted molar refractivity (Wildman–Crippen MR) is 72.8 cm³/mol. The zero-order valence-electron chi connectivity index (χ0n) is 10.3. The van der Waals surface area contributed by atoms with Gasteiger partial charge in [0.05, 0.1) is 12.0 Å². The summed E-state index contributed by atoms with van der Waals surface area (Å²) in [4.78, 5) is 11.4. The molecule has 1 unspecified atom stereocenters. The molecule has 1 atom stereocenters. The number of ether oxygens (including phenoxy) is 1. The van der Waals surface area contributed by atoms with Crippen LogP contribution in [-0.2, 0) is 4.74 Å². The van der Waals surface area contributed by atoms with E-state index in [9.17, 15) is 0 Å². The number of nitrogens with one attached hydrogen (secondary N) is 1. The number of hydrazine groups is 1.